The van der Waals surface area contributed by atoms with Gasteiger partial charge in [-0.15, -0.1) is 0 Å². The number of aliphatic hydroxyl groups excluding tert-OH is 1. The van der Waals surface area contributed by atoms with Crippen LogP contribution in [0.15, 0.2) is 0 Å². The van der Waals surface area contributed by atoms with Crippen LogP contribution in [0.3, 0.4) is 0 Å². The lowest BCUT2D eigenvalue weighted by molar-refractivity contribution is 0.131. The second-order valence-electron chi connectivity index (χ2n) is 6.79. The second kappa shape index (κ2) is 6.36. The fourth-order valence-corrected chi connectivity index (χ4v) is 3.84. The van der Waals surface area contributed by atoms with E-state index in [4.69, 9.17) is 0 Å². The smallest absolute Gasteiger partial charge is 0.0716 e. The Bertz CT molecular complexity index is 257. The van der Waals surface area contributed by atoms with Crippen LogP contribution in [-0.4, -0.2) is 36.9 Å². The number of hydrogen-bond donors (Lipinski definition) is 3. The van der Waals surface area contributed by atoms with Crippen LogP contribution in [-0.2, 0) is 0 Å². The SMILES string of the molecule is CC(C)C1CCC(NCC2CNCC2O)CC1C. The Morgan fingerprint density at radius 3 is 2.61 bits per heavy atom. The van der Waals surface area contributed by atoms with Gasteiger partial charge in [0.05, 0.1) is 6.10 Å². The molecule has 5 unspecified atom stereocenters. The summed E-state index contributed by atoms with van der Waals surface area (Å²) in [6, 6.07) is 0.669. The number of rotatable bonds is 4. The maximum atomic E-state index is 9.78. The highest BCUT2D eigenvalue weighted by molar-refractivity contribution is 4.86. The van der Waals surface area contributed by atoms with Gasteiger partial charge in [-0.05, 0) is 37.0 Å². The van der Waals surface area contributed by atoms with Gasteiger partial charge in [-0.2, -0.15) is 0 Å². The summed E-state index contributed by atoms with van der Waals surface area (Å²) in [6.45, 7) is 9.82. The zero-order chi connectivity index (χ0) is 13.1. The molecule has 2 aliphatic rings. The summed E-state index contributed by atoms with van der Waals surface area (Å²) in [5, 5.41) is 16.7. The van der Waals surface area contributed by atoms with E-state index in [0.29, 0.717) is 12.0 Å². The molecule has 106 valence electrons. The highest BCUT2D eigenvalue weighted by Crippen LogP contribution is 2.34. The third kappa shape index (κ3) is 3.46. The molecule has 2 rings (SSSR count). The lowest BCUT2D eigenvalue weighted by Crippen LogP contribution is -2.42. The van der Waals surface area contributed by atoms with E-state index in [1.807, 2.05) is 0 Å². The van der Waals surface area contributed by atoms with Crippen molar-refractivity contribution in [3.05, 3.63) is 0 Å². The van der Waals surface area contributed by atoms with Crippen molar-refractivity contribution in [2.24, 2.45) is 23.7 Å². The van der Waals surface area contributed by atoms with Gasteiger partial charge in [0.1, 0.15) is 0 Å². The van der Waals surface area contributed by atoms with Gasteiger partial charge < -0.3 is 15.7 Å². The zero-order valence-electron chi connectivity index (χ0n) is 12.2. The Morgan fingerprint density at radius 2 is 2.06 bits per heavy atom. The van der Waals surface area contributed by atoms with Crippen molar-refractivity contribution >= 4 is 0 Å². The van der Waals surface area contributed by atoms with Gasteiger partial charge in [-0.25, -0.2) is 0 Å². The molecule has 1 saturated heterocycles. The predicted molar refractivity (Wildman–Crippen MR) is 75.5 cm³/mol. The Labute approximate surface area is 112 Å². The molecule has 3 nitrogen and oxygen atoms in total. The molecule has 18 heavy (non-hydrogen) atoms. The minimum atomic E-state index is -0.151. The monoisotopic (exact) mass is 254 g/mol. The molecule has 0 aromatic heterocycles. The highest BCUT2D eigenvalue weighted by Gasteiger charge is 2.30. The second-order valence-corrected chi connectivity index (χ2v) is 6.79. The summed E-state index contributed by atoms with van der Waals surface area (Å²) in [5.41, 5.74) is 0. The van der Waals surface area contributed by atoms with E-state index in [2.05, 4.69) is 31.4 Å². The minimum absolute atomic E-state index is 0.151. The lowest BCUT2D eigenvalue weighted by atomic mass is 9.72. The molecule has 5 atom stereocenters. The maximum absolute atomic E-state index is 9.78. The van der Waals surface area contributed by atoms with Gasteiger partial charge >= 0.3 is 0 Å². The Morgan fingerprint density at radius 1 is 1.28 bits per heavy atom. The number of hydrogen-bond acceptors (Lipinski definition) is 3. The first-order valence-corrected chi connectivity index (χ1v) is 7.70. The average molecular weight is 254 g/mol. The first-order valence-electron chi connectivity index (χ1n) is 7.70. The lowest BCUT2D eigenvalue weighted by Gasteiger charge is -2.37. The summed E-state index contributed by atoms with van der Waals surface area (Å²) >= 11 is 0. The normalized spacial score (nSPS) is 41.5. The summed E-state index contributed by atoms with van der Waals surface area (Å²) in [7, 11) is 0. The van der Waals surface area contributed by atoms with Crippen LogP contribution in [0.2, 0.25) is 0 Å². The van der Waals surface area contributed by atoms with Gasteiger partial charge in [0.15, 0.2) is 0 Å². The Hall–Kier alpha value is -0.120. The number of aliphatic hydroxyl groups is 1. The highest BCUT2D eigenvalue weighted by atomic mass is 16.3. The number of nitrogens with one attached hydrogen (secondary N) is 2. The first kappa shape index (κ1) is 14.3. The van der Waals surface area contributed by atoms with Crippen LogP contribution in [0.1, 0.15) is 40.0 Å². The van der Waals surface area contributed by atoms with Crippen molar-refractivity contribution < 1.29 is 5.11 Å². The van der Waals surface area contributed by atoms with Gasteiger partial charge in [0, 0.05) is 31.6 Å². The molecule has 3 N–H and O–H groups in total. The third-order valence-electron chi connectivity index (χ3n) is 5.06. The molecule has 1 heterocycles. The molecule has 0 bridgehead atoms. The first-order chi connectivity index (χ1) is 8.58. The summed E-state index contributed by atoms with van der Waals surface area (Å²) in [6.07, 6.45) is 3.83. The maximum Gasteiger partial charge on any atom is 0.0716 e. The summed E-state index contributed by atoms with van der Waals surface area (Å²) in [4.78, 5) is 0. The van der Waals surface area contributed by atoms with Crippen LogP contribution >= 0.6 is 0 Å². The molecule has 0 spiro atoms. The van der Waals surface area contributed by atoms with Gasteiger partial charge in [0.2, 0.25) is 0 Å². The standard InChI is InChI=1S/C15H30N2O/c1-10(2)14-5-4-13(6-11(14)3)17-8-12-7-16-9-15(12)18/h10-18H,4-9H2,1-3H3. The van der Waals surface area contributed by atoms with Crippen molar-refractivity contribution in [3.8, 4) is 0 Å². The third-order valence-corrected chi connectivity index (χ3v) is 5.06. The Balaban J connectivity index is 1.72. The average Bonchev–Trinajstić information content (AvgIpc) is 2.72. The van der Waals surface area contributed by atoms with Gasteiger partial charge in [0.25, 0.3) is 0 Å². The van der Waals surface area contributed by atoms with E-state index < -0.39 is 0 Å². The van der Waals surface area contributed by atoms with E-state index in [1.54, 1.807) is 0 Å². The summed E-state index contributed by atoms with van der Waals surface area (Å²) in [5.74, 6) is 2.97. The van der Waals surface area contributed by atoms with Crippen molar-refractivity contribution in [2.45, 2.75) is 52.2 Å². The molecule has 1 aliphatic heterocycles. The van der Waals surface area contributed by atoms with Crippen LogP contribution in [0.5, 0.6) is 0 Å². The molecular weight excluding hydrogens is 224 g/mol. The minimum Gasteiger partial charge on any atom is -0.391 e. The van der Waals surface area contributed by atoms with E-state index in [1.165, 1.54) is 19.3 Å². The molecule has 0 radical (unpaired) electrons. The van der Waals surface area contributed by atoms with Crippen LogP contribution < -0.4 is 10.6 Å². The molecule has 0 aromatic carbocycles. The molecule has 2 fully saturated rings. The molecule has 0 aromatic rings. The van der Waals surface area contributed by atoms with Crippen molar-refractivity contribution in [2.75, 3.05) is 19.6 Å². The molecule has 1 saturated carbocycles. The van der Waals surface area contributed by atoms with Crippen molar-refractivity contribution in [1.82, 2.24) is 10.6 Å². The van der Waals surface area contributed by atoms with E-state index in [0.717, 1.165) is 37.4 Å². The van der Waals surface area contributed by atoms with E-state index in [9.17, 15) is 5.11 Å². The summed E-state index contributed by atoms with van der Waals surface area (Å²) < 4.78 is 0. The fraction of sp³-hybridized carbons (Fsp3) is 1.00. The van der Waals surface area contributed by atoms with Gasteiger partial charge in [-0.3, -0.25) is 0 Å². The quantitative estimate of drug-likeness (QED) is 0.714. The van der Waals surface area contributed by atoms with Gasteiger partial charge in [-0.1, -0.05) is 20.8 Å². The molecular formula is C15H30N2O. The van der Waals surface area contributed by atoms with E-state index >= 15 is 0 Å². The Kier molecular flexibility index (Phi) is 5.05. The van der Waals surface area contributed by atoms with Crippen molar-refractivity contribution in [3.63, 3.8) is 0 Å². The zero-order valence-corrected chi connectivity index (χ0v) is 12.2. The molecule has 3 heteroatoms. The van der Waals surface area contributed by atoms with Crippen LogP contribution in [0, 0.1) is 23.7 Å². The van der Waals surface area contributed by atoms with Crippen molar-refractivity contribution in [1.29, 1.82) is 0 Å². The number of β-amino-alcohol motifs (C(OH)–C–C–N with tert-alkyl or cyclic N) is 1. The van der Waals surface area contributed by atoms with E-state index in [-0.39, 0.29) is 6.10 Å². The predicted octanol–water partition coefficient (Wildman–Crippen LogP) is 1.62. The molecule has 0 amide bonds. The van der Waals surface area contributed by atoms with Crippen LogP contribution in [0.4, 0.5) is 0 Å². The topological polar surface area (TPSA) is 44.3 Å². The fourth-order valence-electron chi connectivity index (χ4n) is 3.84. The van der Waals surface area contributed by atoms with Crippen LogP contribution in [0.25, 0.3) is 0 Å². The largest absolute Gasteiger partial charge is 0.391 e. The molecule has 1 aliphatic carbocycles.